The normalized spacial score (nSPS) is 8.93. The molecule has 14 heavy (non-hydrogen) atoms. The van der Waals surface area contributed by atoms with Crippen molar-refractivity contribution in [2.45, 2.75) is 13.3 Å². The zero-order valence-corrected chi connectivity index (χ0v) is 9.49. The fourth-order valence-corrected chi connectivity index (χ4v) is 1.86. The second-order valence-electron chi connectivity index (χ2n) is 2.48. The average molecular weight is 225 g/mol. The summed E-state index contributed by atoms with van der Waals surface area (Å²) in [5, 5.41) is 3.07. The third kappa shape index (κ3) is 2.98. The van der Waals surface area contributed by atoms with Gasteiger partial charge in [0, 0.05) is 24.5 Å². The summed E-state index contributed by atoms with van der Waals surface area (Å²) in [7, 11) is 0. The van der Waals surface area contributed by atoms with Gasteiger partial charge >= 0.3 is 0 Å². The van der Waals surface area contributed by atoms with Crippen molar-refractivity contribution in [3.8, 4) is 11.8 Å². The molecule has 1 rings (SSSR count). The lowest BCUT2D eigenvalue weighted by Gasteiger charge is -2.17. The Morgan fingerprint density at radius 1 is 1.79 bits per heavy atom. The highest BCUT2D eigenvalue weighted by Crippen LogP contribution is 2.16. The summed E-state index contributed by atoms with van der Waals surface area (Å²) in [5.74, 6) is 5.80. The van der Waals surface area contributed by atoms with E-state index >= 15 is 0 Å². The first-order valence-electron chi connectivity index (χ1n) is 4.11. The van der Waals surface area contributed by atoms with E-state index in [0.717, 1.165) is 11.6 Å². The standard InChI is InChI=1S/C9H11N3S2/c1-2-3-4-6-12(8(10)13)9-11-5-7-14-9/h5,7H,4,6H2,1H3,(H2,10,13). The highest BCUT2D eigenvalue weighted by Gasteiger charge is 2.10. The molecule has 3 nitrogen and oxygen atoms in total. The summed E-state index contributed by atoms with van der Waals surface area (Å²) >= 11 is 6.45. The molecular formula is C9H11N3S2. The highest BCUT2D eigenvalue weighted by atomic mass is 32.1. The number of nitrogens with two attached hydrogens (primary N) is 1. The predicted octanol–water partition coefficient (Wildman–Crippen LogP) is 1.61. The Bertz CT molecular complexity index is 348. The van der Waals surface area contributed by atoms with Gasteiger partial charge in [-0.2, -0.15) is 0 Å². The first-order chi connectivity index (χ1) is 6.75. The Balaban J connectivity index is 2.64. The smallest absolute Gasteiger partial charge is 0.191 e. The van der Waals surface area contributed by atoms with Crippen LogP contribution in [0.5, 0.6) is 0 Å². The molecular weight excluding hydrogens is 214 g/mol. The molecule has 0 fully saturated rings. The lowest BCUT2D eigenvalue weighted by Crippen LogP contribution is -2.36. The first-order valence-corrected chi connectivity index (χ1v) is 5.40. The molecule has 2 N–H and O–H groups in total. The summed E-state index contributed by atoms with van der Waals surface area (Å²) < 4.78 is 0. The quantitative estimate of drug-likeness (QED) is 0.627. The van der Waals surface area contributed by atoms with E-state index in [0.29, 0.717) is 11.7 Å². The van der Waals surface area contributed by atoms with E-state index in [9.17, 15) is 0 Å². The van der Waals surface area contributed by atoms with Crippen molar-refractivity contribution in [2.75, 3.05) is 11.4 Å². The van der Waals surface area contributed by atoms with Crippen LogP contribution in [-0.2, 0) is 0 Å². The van der Waals surface area contributed by atoms with Crippen molar-refractivity contribution in [3.05, 3.63) is 11.6 Å². The lowest BCUT2D eigenvalue weighted by molar-refractivity contribution is 0.976. The molecule has 1 aromatic rings. The number of thiazole rings is 1. The SMILES string of the molecule is CC#CCCN(C(N)=S)c1nccs1. The van der Waals surface area contributed by atoms with Crippen molar-refractivity contribution in [1.82, 2.24) is 4.98 Å². The van der Waals surface area contributed by atoms with Crippen LogP contribution in [0.2, 0.25) is 0 Å². The monoisotopic (exact) mass is 225 g/mol. The fraction of sp³-hybridized carbons (Fsp3) is 0.333. The zero-order valence-electron chi connectivity index (χ0n) is 7.86. The van der Waals surface area contributed by atoms with Crippen LogP contribution in [-0.4, -0.2) is 16.6 Å². The first kappa shape index (κ1) is 11.0. The van der Waals surface area contributed by atoms with Gasteiger partial charge in [0.05, 0.1) is 0 Å². The maximum atomic E-state index is 5.59. The molecule has 0 aliphatic heterocycles. The molecule has 0 aliphatic rings. The van der Waals surface area contributed by atoms with E-state index in [1.54, 1.807) is 11.1 Å². The Morgan fingerprint density at radius 3 is 3.07 bits per heavy atom. The highest BCUT2D eigenvalue weighted by molar-refractivity contribution is 7.80. The number of hydrogen-bond acceptors (Lipinski definition) is 3. The minimum absolute atomic E-state index is 0.345. The Hall–Kier alpha value is -1.12. The summed E-state index contributed by atoms with van der Waals surface area (Å²) in [6, 6.07) is 0. The van der Waals surface area contributed by atoms with Crippen molar-refractivity contribution in [1.29, 1.82) is 0 Å². The minimum Gasteiger partial charge on any atom is -0.376 e. The van der Waals surface area contributed by atoms with E-state index in [2.05, 4.69) is 16.8 Å². The molecule has 1 heterocycles. The van der Waals surface area contributed by atoms with Crippen LogP contribution in [0.15, 0.2) is 11.6 Å². The summed E-state index contributed by atoms with van der Waals surface area (Å²) in [6.45, 7) is 2.51. The van der Waals surface area contributed by atoms with Gasteiger partial charge in [0.25, 0.3) is 0 Å². The number of rotatable bonds is 3. The second-order valence-corrected chi connectivity index (χ2v) is 3.77. The van der Waals surface area contributed by atoms with Crippen molar-refractivity contribution in [2.24, 2.45) is 5.73 Å². The van der Waals surface area contributed by atoms with Gasteiger partial charge in [0.15, 0.2) is 10.2 Å². The molecule has 5 heteroatoms. The van der Waals surface area contributed by atoms with Crippen molar-refractivity contribution >= 4 is 33.8 Å². The fourth-order valence-electron chi connectivity index (χ4n) is 0.942. The molecule has 0 amide bonds. The molecule has 74 valence electrons. The van der Waals surface area contributed by atoms with Crippen molar-refractivity contribution < 1.29 is 0 Å². The van der Waals surface area contributed by atoms with Crippen LogP contribution in [0.3, 0.4) is 0 Å². The largest absolute Gasteiger partial charge is 0.376 e. The van der Waals surface area contributed by atoms with E-state index in [1.807, 2.05) is 12.3 Å². The molecule has 1 aromatic heterocycles. The van der Waals surface area contributed by atoms with Crippen LogP contribution < -0.4 is 10.6 Å². The number of anilines is 1. The molecule has 0 bridgehead atoms. The maximum Gasteiger partial charge on any atom is 0.191 e. The van der Waals surface area contributed by atoms with Crippen LogP contribution in [0, 0.1) is 11.8 Å². The molecule has 0 aliphatic carbocycles. The molecule has 0 aromatic carbocycles. The van der Waals surface area contributed by atoms with Crippen LogP contribution in [0.25, 0.3) is 0 Å². The predicted molar refractivity (Wildman–Crippen MR) is 64.3 cm³/mol. The second kappa shape index (κ2) is 5.58. The van der Waals surface area contributed by atoms with E-state index < -0.39 is 0 Å². The Labute approximate surface area is 92.9 Å². The Morgan fingerprint density at radius 2 is 2.57 bits per heavy atom. The van der Waals surface area contributed by atoms with Gasteiger partial charge in [-0.3, -0.25) is 4.90 Å². The van der Waals surface area contributed by atoms with E-state index in [1.165, 1.54) is 11.3 Å². The summed E-state index contributed by atoms with van der Waals surface area (Å²) in [5.41, 5.74) is 5.59. The average Bonchev–Trinajstić information content (AvgIpc) is 2.64. The van der Waals surface area contributed by atoms with Gasteiger partial charge < -0.3 is 5.73 Å². The number of aromatic nitrogens is 1. The van der Waals surface area contributed by atoms with E-state index in [4.69, 9.17) is 18.0 Å². The van der Waals surface area contributed by atoms with E-state index in [-0.39, 0.29) is 0 Å². The molecule has 0 saturated carbocycles. The van der Waals surface area contributed by atoms with Crippen LogP contribution in [0.4, 0.5) is 5.13 Å². The number of nitrogens with zero attached hydrogens (tertiary/aromatic N) is 2. The zero-order chi connectivity index (χ0) is 10.4. The van der Waals surface area contributed by atoms with Gasteiger partial charge in [0.1, 0.15) is 0 Å². The van der Waals surface area contributed by atoms with Gasteiger partial charge in [-0.25, -0.2) is 4.98 Å². The number of thiocarbonyl (C=S) groups is 1. The van der Waals surface area contributed by atoms with Gasteiger partial charge in [-0.05, 0) is 19.1 Å². The van der Waals surface area contributed by atoms with Crippen LogP contribution in [0.1, 0.15) is 13.3 Å². The minimum atomic E-state index is 0.345. The topological polar surface area (TPSA) is 42.1 Å². The molecule has 0 spiro atoms. The lowest BCUT2D eigenvalue weighted by atomic mass is 10.4. The summed E-state index contributed by atoms with van der Waals surface area (Å²) in [4.78, 5) is 5.94. The molecule has 0 atom stereocenters. The molecule has 0 unspecified atom stereocenters. The van der Waals surface area contributed by atoms with Gasteiger partial charge in [-0.1, -0.05) is 0 Å². The van der Waals surface area contributed by atoms with Crippen molar-refractivity contribution in [3.63, 3.8) is 0 Å². The van der Waals surface area contributed by atoms with Crippen LogP contribution >= 0.6 is 23.6 Å². The maximum absolute atomic E-state index is 5.59. The molecule has 0 saturated heterocycles. The summed E-state index contributed by atoms with van der Waals surface area (Å²) in [6.07, 6.45) is 2.48. The van der Waals surface area contributed by atoms with Gasteiger partial charge in [-0.15, -0.1) is 23.2 Å². The third-order valence-corrected chi connectivity index (χ3v) is 2.57. The van der Waals surface area contributed by atoms with Gasteiger partial charge in [0.2, 0.25) is 0 Å². The Kier molecular flexibility index (Phi) is 4.36. The molecule has 0 radical (unpaired) electrons. The third-order valence-electron chi connectivity index (χ3n) is 1.55. The number of hydrogen-bond donors (Lipinski definition) is 1.